The number of imidazole rings is 1. The van der Waals surface area contributed by atoms with E-state index in [0.717, 1.165) is 6.42 Å². The van der Waals surface area contributed by atoms with Crippen LogP contribution < -0.4 is 10.6 Å². The van der Waals surface area contributed by atoms with Gasteiger partial charge in [-0.25, -0.2) is 4.98 Å². The Morgan fingerprint density at radius 1 is 1.30 bits per heavy atom. The third-order valence-corrected chi connectivity index (χ3v) is 3.38. The number of rotatable bonds is 7. The first-order valence-electron chi connectivity index (χ1n) is 7.69. The third kappa shape index (κ3) is 3.97. The molecule has 0 fully saturated rings. The van der Waals surface area contributed by atoms with Gasteiger partial charge in [0.2, 0.25) is 5.82 Å². The number of fused-ring (bicyclic) bond motifs is 1. The van der Waals surface area contributed by atoms with Gasteiger partial charge >= 0.3 is 0 Å². The van der Waals surface area contributed by atoms with Crippen LogP contribution in [0.3, 0.4) is 0 Å². The molecule has 0 radical (unpaired) electrons. The zero-order valence-corrected chi connectivity index (χ0v) is 13.5. The minimum Gasteiger partial charge on any atom is -0.349 e. The van der Waals surface area contributed by atoms with Crippen molar-refractivity contribution in [1.82, 2.24) is 20.0 Å². The van der Waals surface area contributed by atoms with Crippen LogP contribution >= 0.6 is 0 Å². The number of aromatic nitrogens is 2. The largest absolute Gasteiger partial charge is 0.349 e. The minimum absolute atomic E-state index is 0.216. The smallest absolute Gasteiger partial charge is 0.287 e. The molecule has 2 heterocycles. The summed E-state index contributed by atoms with van der Waals surface area (Å²) in [6.07, 6.45) is 4.21. The van der Waals surface area contributed by atoms with Crippen LogP contribution in [0, 0.1) is 5.92 Å². The van der Waals surface area contributed by atoms with Crippen LogP contribution in [0.1, 0.15) is 41.4 Å². The molecular weight excluding hydrogens is 292 g/mol. The van der Waals surface area contributed by atoms with Crippen LogP contribution in [0.2, 0.25) is 0 Å². The number of pyridine rings is 1. The van der Waals surface area contributed by atoms with Crippen LogP contribution in [0.25, 0.3) is 5.52 Å². The highest BCUT2D eigenvalue weighted by Crippen LogP contribution is 2.13. The zero-order valence-electron chi connectivity index (χ0n) is 13.5. The summed E-state index contributed by atoms with van der Waals surface area (Å²) in [6, 6.07) is 5.37. The normalized spacial score (nSPS) is 10.7. The third-order valence-electron chi connectivity index (χ3n) is 3.38. The van der Waals surface area contributed by atoms with Gasteiger partial charge in [-0.05, 0) is 24.5 Å². The average Bonchev–Trinajstić information content (AvgIpc) is 2.92. The Morgan fingerprint density at radius 2 is 2.09 bits per heavy atom. The second-order valence-corrected chi connectivity index (χ2v) is 5.68. The van der Waals surface area contributed by atoms with Crippen LogP contribution in [-0.4, -0.2) is 34.3 Å². The molecule has 0 saturated heterocycles. The Bertz CT molecular complexity index is 718. The summed E-state index contributed by atoms with van der Waals surface area (Å²) in [7, 11) is 0. The Hall–Kier alpha value is -2.63. The van der Waals surface area contributed by atoms with Crippen molar-refractivity contribution in [2.75, 3.05) is 13.1 Å². The number of carbonyl (C=O) groups excluding carboxylic acids is 2. The molecule has 2 rings (SSSR count). The van der Waals surface area contributed by atoms with E-state index in [4.69, 9.17) is 0 Å². The number of hydrogen-bond acceptors (Lipinski definition) is 3. The maximum Gasteiger partial charge on any atom is 0.287 e. The quantitative estimate of drug-likeness (QED) is 0.768. The van der Waals surface area contributed by atoms with E-state index < -0.39 is 0 Å². The molecule has 0 aliphatic heterocycles. The molecule has 0 unspecified atom stereocenters. The topological polar surface area (TPSA) is 75.5 Å². The van der Waals surface area contributed by atoms with E-state index >= 15 is 0 Å². The summed E-state index contributed by atoms with van der Waals surface area (Å²) in [4.78, 5) is 28.8. The second-order valence-electron chi connectivity index (χ2n) is 5.68. The fraction of sp³-hybridized carbons (Fsp3) is 0.353. The van der Waals surface area contributed by atoms with E-state index in [1.165, 1.54) is 0 Å². The monoisotopic (exact) mass is 314 g/mol. The van der Waals surface area contributed by atoms with Crippen molar-refractivity contribution in [1.29, 1.82) is 0 Å². The molecule has 6 heteroatoms. The van der Waals surface area contributed by atoms with Crippen molar-refractivity contribution in [3.63, 3.8) is 0 Å². The Morgan fingerprint density at radius 3 is 2.78 bits per heavy atom. The number of nitrogens with zero attached hydrogens (tertiary/aromatic N) is 2. The molecule has 0 atom stereocenters. The van der Waals surface area contributed by atoms with Crippen molar-refractivity contribution in [2.45, 2.75) is 20.3 Å². The van der Waals surface area contributed by atoms with Crippen molar-refractivity contribution in [3.05, 3.63) is 48.6 Å². The van der Waals surface area contributed by atoms with Gasteiger partial charge in [0.05, 0.1) is 5.52 Å². The van der Waals surface area contributed by atoms with Gasteiger partial charge in [0.15, 0.2) is 5.69 Å². The highest BCUT2D eigenvalue weighted by molar-refractivity contribution is 6.02. The molecule has 0 saturated carbocycles. The van der Waals surface area contributed by atoms with Crippen LogP contribution in [0.15, 0.2) is 37.1 Å². The lowest BCUT2D eigenvalue weighted by Crippen LogP contribution is -2.27. The van der Waals surface area contributed by atoms with E-state index in [1.54, 1.807) is 28.8 Å². The molecule has 2 aromatic rings. The molecule has 122 valence electrons. The summed E-state index contributed by atoms with van der Waals surface area (Å²) in [5.41, 5.74) is 0.838. The number of nitrogens with one attached hydrogen (secondary N) is 2. The first-order valence-corrected chi connectivity index (χ1v) is 7.69. The lowest BCUT2D eigenvalue weighted by Gasteiger charge is -2.06. The lowest BCUT2D eigenvalue weighted by molar-refractivity contribution is 0.0941. The van der Waals surface area contributed by atoms with E-state index in [-0.39, 0.29) is 23.3 Å². The lowest BCUT2D eigenvalue weighted by atomic mass is 10.1. The standard InChI is InChI=1S/C17H22N4O2/c1-4-9-18-16(22)14-13-7-5-6-11-21(13)15(20-14)17(23)19-10-8-12(2)3/h4-7,11-12H,1,8-10H2,2-3H3,(H,18,22)(H,19,23). The molecule has 2 amide bonds. The molecule has 2 N–H and O–H groups in total. The Balaban J connectivity index is 2.28. The average molecular weight is 314 g/mol. The van der Waals surface area contributed by atoms with E-state index in [0.29, 0.717) is 24.5 Å². The van der Waals surface area contributed by atoms with Gasteiger partial charge in [0, 0.05) is 19.3 Å². The molecule has 0 aromatic carbocycles. The Labute approximate surface area is 135 Å². The minimum atomic E-state index is -0.324. The number of amides is 2. The van der Waals surface area contributed by atoms with Crippen molar-refractivity contribution in [3.8, 4) is 0 Å². The predicted molar refractivity (Wildman–Crippen MR) is 89.5 cm³/mol. The molecule has 0 bridgehead atoms. The van der Waals surface area contributed by atoms with Gasteiger partial charge in [0.1, 0.15) is 0 Å². The highest BCUT2D eigenvalue weighted by atomic mass is 16.2. The SMILES string of the molecule is C=CCNC(=O)c1nc(C(=O)NCCC(C)C)n2ccccc12. The summed E-state index contributed by atoms with van der Waals surface area (Å²) in [6.45, 7) is 8.69. The molecule has 0 aliphatic carbocycles. The van der Waals surface area contributed by atoms with Gasteiger partial charge in [-0.3, -0.25) is 14.0 Å². The van der Waals surface area contributed by atoms with Crippen molar-refractivity contribution >= 4 is 17.3 Å². The molecule has 0 spiro atoms. The van der Waals surface area contributed by atoms with Gasteiger partial charge < -0.3 is 10.6 Å². The summed E-state index contributed by atoms with van der Waals surface area (Å²) >= 11 is 0. The van der Waals surface area contributed by atoms with Gasteiger partial charge in [-0.15, -0.1) is 6.58 Å². The van der Waals surface area contributed by atoms with Crippen LogP contribution in [-0.2, 0) is 0 Å². The maximum atomic E-state index is 12.3. The molecule has 0 aliphatic rings. The van der Waals surface area contributed by atoms with Gasteiger partial charge in [-0.1, -0.05) is 26.0 Å². The molecular formula is C17H22N4O2. The first kappa shape index (κ1) is 16.7. The highest BCUT2D eigenvalue weighted by Gasteiger charge is 2.20. The molecule has 23 heavy (non-hydrogen) atoms. The fourth-order valence-corrected chi connectivity index (χ4v) is 2.17. The summed E-state index contributed by atoms with van der Waals surface area (Å²) < 4.78 is 1.63. The second kappa shape index (κ2) is 7.58. The van der Waals surface area contributed by atoms with E-state index in [9.17, 15) is 9.59 Å². The van der Waals surface area contributed by atoms with Crippen molar-refractivity contribution in [2.24, 2.45) is 5.92 Å². The van der Waals surface area contributed by atoms with Crippen molar-refractivity contribution < 1.29 is 9.59 Å². The van der Waals surface area contributed by atoms with Crippen LogP contribution in [0.5, 0.6) is 0 Å². The number of carbonyl (C=O) groups is 2. The molecule has 6 nitrogen and oxygen atoms in total. The molecule has 2 aromatic heterocycles. The maximum absolute atomic E-state index is 12.3. The summed E-state index contributed by atoms with van der Waals surface area (Å²) in [5, 5.41) is 5.53. The Kier molecular flexibility index (Phi) is 5.51. The van der Waals surface area contributed by atoms with E-state index in [2.05, 4.69) is 36.0 Å². The zero-order chi connectivity index (χ0) is 16.8. The van der Waals surface area contributed by atoms with Gasteiger partial charge in [0.25, 0.3) is 11.8 Å². The summed E-state index contributed by atoms with van der Waals surface area (Å²) in [5.74, 6) is 0.116. The van der Waals surface area contributed by atoms with E-state index in [1.807, 2.05) is 6.07 Å². The predicted octanol–water partition coefficient (Wildman–Crippen LogP) is 2.03. The first-order chi connectivity index (χ1) is 11.0. The fourth-order valence-electron chi connectivity index (χ4n) is 2.17. The van der Waals surface area contributed by atoms with Gasteiger partial charge in [-0.2, -0.15) is 0 Å². The number of hydrogen-bond donors (Lipinski definition) is 2. The van der Waals surface area contributed by atoms with Crippen LogP contribution in [0.4, 0.5) is 0 Å².